The Hall–Kier alpha value is -4.85. The fourth-order valence-electron chi connectivity index (χ4n) is 3.99. The fourth-order valence-corrected chi connectivity index (χ4v) is 3.99. The first kappa shape index (κ1) is 25.2. The third kappa shape index (κ3) is 5.38. The Bertz CT molecular complexity index is 1430. The monoisotopic (exact) mass is 501 g/mol. The van der Waals surface area contributed by atoms with Crippen LogP contribution < -0.4 is 15.5 Å². The molecule has 10 nitrogen and oxygen atoms in total. The molecule has 0 saturated heterocycles. The molecule has 0 saturated carbocycles. The van der Waals surface area contributed by atoms with Crippen LogP contribution in [0.2, 0.25) is 0 Å². The molecule has 1 aliphatic rings. The van der Waals surface area contributed by atoms with E-state index in [1.807, 2.05) is 0 Å². The van der Waals surface area contributed by atoms with Gasteiger partial charge in [0.15, 0.2) is 0 Å². The van der Waals surface area contributed by atoms with E-state index in [9.17, 15) is 24.0 Å². The number of anilines is 1. The maximum Gasteiger partial charge on any atom is 0.324 e. The highest BCUT2D eigenvalue weighted by Crippen LogP contribution is 2.36. The summed E-state index contributed by atoms with van der Waals surface area (Å²) in [5, 5.41) is 14.8. The Labute approximate surface area is 212 Å². The van der Waals surface area contributed by atoms with Gasteiger partial charge in [-0.1, -0.05) is 18.2 Å². The van der Waals surface area contributed by atoms with Gasteiger partial charge in [-0.2, -0.15) is 5.26 Å². The molecule has 2 heterocycles. The van der Waals surface area contributed by atoms with Crippen LogP contribution in [0.3, 0.4) is 0 Å². The summed E-state index contributed by atoms with van der Waals surface area (Å²) in [5.74, 6) is -1.40. The summed E-state index contributed by atoms with van der Waals surface area (Å²) >= 11 is 0. The van der Waals surface area contributed by atoms with Crippen LogP contribution in [0.25, 0.3) is 0 Å². The summed E-state index contributed by atoms with van der Waals surface area (Å²) in [4.78, 5) is 49.2. The van der Waals surface area contributed by atoms with E-state index in [1.54, 1.807) is 51.4 Å². The molecule has 0 unspecified atom stereocenters. The number of benzene rings is 2. The molecule has 1 atom stereocenters. The highest BCUT2D eigenvalue weighted by molar-refractivity contribution is 5.98. The van der Waals surface area contributed by atoms with Gasteiger partial charge in [0.25, 0.3) is 11.8 Å². The number of nitriles is 1. The topological polar surface area (TPSA) is 131 Å². The van der Waals surface area contributed by atoms with Crippen molar-refractivity contribution in [3.63, 3.8) is 0 Å². The van der Waals surface area contributed by atoms with Crippen molar-refractivity contribution in [3.8, 4) is 6.07 Å². The van der Waals surface area contributed by atoms with Crippen molar-refractivity contribution in [1.82, 2.24) is 25.5 Å². The van der Waals surface area contributed by atoms with E-state index in [0.29, 0.717) is 22.4 Å². The van der Waals surface area contributed by atoms with Gasteiger partial charge in [-0.3, -0.25) is 14.5 Å². The summed E-state index contributed by atoms with van der Waals surface area (Å²) in [6, 6.07) is 12.0. The third-order valence-corrected chi connectivity index (χ3v) is 5.92. The van der Waals surface area contributed by atoms with E-state index < -0.39 is 17.9 Å². The second-order valence-electron chi connectivity index (χ2n) is 8.75. The second kappa shape index (κ2) is 10.4. The maximum absolute atomic E-state index is 13.5. The molecule has 37 heavy (non-hydrogen) atoms. The first-order valence-electron chi connectivity index (χ1n) is 11.4. The lowest BCUT2D eigenvalue weighted by Gasteiger charge is -2.22. The highest BCUT2D eigenvalue weighted by atomic mass is 19.1. The first-order valence-corrected chi connectivity index (χ1v) is 11.4. The molecule has 0 radical (unpaired) electrons. The number of amides is 4. The van der Waals surface area contributed by atoms with E-state index in [-0.39, 0.29) is 36.3 Å². The minimum Gasteiger partial charge on any atom is -0.347 e. The van der Waals surface area contributed by atoms with Crippen LogP contribution in [0.5, 0.6) is 0 Å². The van der Waals surface area contributed by atoms with Crippen LogP contribution in [-0.2, 0) is 6.54 Å². The van der Waals surface area contributed by atoms with Gasteiger partial charge in [0.05, 0.1) is 29.9 Å². The van der Waals surface area contributed by atoms with Crippen molar-refractivity contribution in [3.05, 3.63) is 88.3 Å². The smallest absolute Gasteiger partial charge is 0.324 e. The maximum atomic E-state index is 13.5. The van der Waals surface area contributed by atoms with Gasteiger partial charge in [0.1, 0.15) is 23.5 Å². The number of aryl methyl sites for hydroxylation is 1. The van der Waals surface area contributed by atoms with Gasteiger partial charge in [0, 0.05) is 32.3 Å². The molecular weight excluding hydrogens is 477 g/mol. The van der Waals surface area contributed by atoms with Gasteiger partial charge in [-0.05, 0) is 36.2 Å². The molecule has 0 fully saturated rings. The molecule has 4 amide bonds. The summed E-state index contributed by atoms with van der Waals surface area (Å²) in [6.07, 6.45) is 1.12. The highest BCUT2D eigenvalue weighted by Gasteiger charge is 2.34. The largest absolute Gasteiger partial charge is 0.347 e. The Morgan fingerprint density at radius 3 is 2.51 bits per heavy atom. The molecule has 11 heteroatoms. The van der Waals surface area contributed by atoms with E-state index in [0.717, 1.165) is 11.9 Å². The SMILES string of the molecule is Cc1cc(CNC(=O)c2cc(C(=O)N[C@@H]3CN(C(=O)N(C)C)c4cc(C#N)ccc43)ncn2)ccc1F. The van der Waals surface area contributed by atoms with E-state index in [1.165, 1.54) is 21.9 Å². The van der Waals surface area contributed by atoms with E-state index >= 15 is 0 Å². The minimum atomic E-state index is -0.551. The van der Waals surface area contributed by atoms with Crippen molar-refractivity contribution in [2.75, 3.05) is 25.5 Å². The van der Waals surface area contributed by atoms with E-state index in [4.69, 9.17) is 0 Å². The van der Waals surface area contributed by atoms with Gasteiger partial charge in [-0.15, -0.1) is 0 Å². The van der Waals surface area contributed by atoms with Gasteiger partial charge in [-0.25, -0.2) is 19.2 Å². The number of carbonyl (C=O) groups is 3. The van der Waals surface area contributed by atoms with Crippen molar-refractivity contribution >= 4 is 23.5 Å². The number of hydrogen-bond donors (Lipinski definition) is 2. The Morgan fingerprint density at radius 2 is 1.84 bits per heavy atom. The standard InChI is InChI=1S/C26H24FN7O3/c1-15-8-17(5-7-19(15)27)12-29-24(35)20-10-21(31-14-30-20)25(36)32-22-13-34(26(37)33(2)3)23-9-16(11-28)4-6-18(22)23/h4-10,14,22H,12-13H2,1-3H3,(H,29,35)(H,32,36)/t22-/m1/s1. The lowest BCUT2D eigenvalue weighted by Crippen LogP contribution is -2.40. The molecule has 2 aromatic carbocycles. The molecule has 0 spiro atoms. The van der Waals surface area contributed by atoms with Crippen molar-refractivity contribution in [2.45, 2.75) is 19.5 Å². The number of hydrogen-bond acceptors (Lipinski definition) is 6. The predicted octanol–water partition coefficient (Wildman–Crippen LogP) is 2.70. The summed E-state index contributed by atoms with van der Waals surface area (Å²) in [5.41, 5.74) is 2.78. The molecule has 1 aliphatic heterocycles. The van der Waals surface area contributed by atoms with Crippen molar-refractivity contribution < 1.29 is 18.8 Å². The van der Waals surface area contributed by atoms with Crippen LogP contribution in [0.15, 0.2) is 48.8 Å². The summed E-state index contributed by atoms with van der Waals surface area (Å²) in [7, 11) is 3.24. The normalized spacial score (nSPS) is 13.9. The predicted molar refractivity (Wildman–Crippen MR) is 132 cm³/mol. The summed E-state index contributed by atoms with van der Waals surface area (Å²) < 4.78 is 13.5. The number of nitrogens with one attached hydrogen (secondary N) is 2. The molecule has 0 aliphatic carbocycles. The van der Waals surface area contributed by atoms with Gasteiger partial charge in [0.2, 0.25) is 0 Å². The van der Waals surface area contributed by atoms with E-state index in [2.05, 4.69) is 26.7 Å². The van der Waals surface area contributed by atoms with Crippen LogP contribution in [0.1, 0.15) is 49.3 Å². The zero-order chi connectivity index (χ0) is 26.7. The average Bonchev–Trinajstić information content (AvgIpc) is 3.25. The number of rotatable bonds is 5. The average molecular weight is 502 g/mol. The summed E-state index contributed by atoms with van der Waals surface area (Å²) in [6.45, 7) is 1.96. The number of halogens is 1. The van der Waals surface area contributed by atoms with Crippen molar-refractivity contribution in [1.29, 1.82) is 5.26 Å². The minimum absolute atomic E-state index is 0.00567. The lowest BCUT2D eigenvalue weighted by molar-refractivity contribution is 0.0933. The molecule has 1 aromatic heterocycles. The number of carbonyl (C=O) groups excluding carboxylic acids is 3. The first-order chi connectivity index (χ1) is 17.7. The van der Waals surface area contributed by atoms with Crippen LogP contribution in [-0.4, -0.2) is 53.4 Å². The van der Waals surface area contributed by atoms with Crippen LogP contribution >= 0.6 is 0 Å². The quantitative estimate of drug-likeness (QED) is 0.553. The molecule has 3 aromatic rings. The Morgan fingerprint density at radius 1 is 1.11 bits per heavy atom. The number of aromatic nitrogens is 2. The number of fused-ring (bicyclic) bond motifs is 1. The van der Waals surface area contributed by atoms with Crippen LogP contribution in [0.4, 0.5) is 14.9 Å². The van der Waals surface area contributed by atoms with Gasteiger partial charge < -0.3 is 15.5 Å². The molecule has 0 bridgehead atoms. The zero-order valence-electron chi connectivity index (χ0n) is 20.4. The Balaban J connectivity index is 1.48. The fraction of sp³-hybridized carbons (Fsp3) is 0.231. The molecule has 4 rings (SSSR count). The Kier molecular flexibility index (Phi) is 7.11. The third-order valence-electron chi connectivity index (χ3n) is 5.92. The zero-order valence-corrected chi connectivity index (χ0v) is 20.4. The second-order valence-corrected chi connectivity index (χ2v) is 8.75. The number of urea groups is 1. The number of nitrogens with zero attached hydrogens (tertiary/aromatic N) is 5. The lowest BCUT2D eigenvalue weighted by atomic mass is 10.1. The van der Waals surface area contributed by atoms with Crippen LogP contribution in [0, 0.1) is 24.1 Å². The molecular formula is C26H24FN7O3. The van der Waals surface area contributed by atoms with Crippen molar-refractivity contribution in [2.24, 2.45) is 0 Å². The molecule has 2 N–H and O–H groups in total. The molecule has 188 valence electrons. The van der Waals surface area contributed by atoms with Gasteiger partial charge >= 0.3 is 6.03 Å².